The Balaban J connectivity index is 3.67. The predicted octanol–water partition coefficient (Wildman–Crippen LogP) is 4.96. The summed E-state index contributed by atoms with van der Waals surface area (Å²) in [4.78, 5) is 0. The third-order valence-corrected chi connectivity index (χ3v) is 3.94. The first-order valence-electron chi connectivity index (χ1n) is 5.97. The Bertz CT molecular complexity index is 445. The van der Waals surface area contributed by atoms with Gasteiger partial charge >= 0.3 is 29.7 Å². The standard InChI is InChI=1S/C11H12F10O/c1-4-6(2,3)9(16,17)10(18)7(13,11(19,20)21)5(12)8(14,15)22-10/h5H,4H2,1-3H3. The summed E-state index contributed by atoms with van der Waals surface area (Å²) in [6, 6.07) is 0. The molecule has 11 heteroatoms. The Hall–Kier alpha value is -0.740. The molecule has 0 N–H and O–H groups in total. The Morgan fingerprint density at radius 2 is 1.36 bits per heavy atom. The minimum absolute atomic E-state index is 0.512. The molecule has 0 spiro atoms. The molecule has 0 amide bonds. The number of hydrogen-bond donors (Lipinski definition) is 0. The molecule has 1 heterocycles. The van der Waals surface area contributed by atoms with Gasteiger partial charge < -0.3 is 0 Å². The quantitative estimate of drug-likeness (QED) is 0.654. The summed E-state index contributed by atoms with van der Waals surface area (Å²) < 4.78 is 136. The van der Waals surface area contributed by atoms with Gasteiger partial charge in [-0.1, -0.05) is 20.8 Å². The van der Waals surface area contributed by atoms with Crippen molar-refractivity contribution in [1.29, 1.82) is 0 Å². The highest BCUT2D eigenvalue weighted by Crippen LogP contribution is 2.66. The molecule has 0 aromatic heterocycles. The fourth-order valence-electron chi connectivity index (χ4n) is 1.98. The second-order valence-corrected chi connectivity index (χ2v) is 5.64. The molecule has 0 radical (unpaired) electrons. The van der Waals surface area contributed by atoms with Crippen molar-refractivity contribution in [3.05, 3.63) is 0 Å². The van der Waals surface area contributed by atoms with Crippen LogP contribution in [0.2, 0.25) is 0 Å². The average molecular weight is 350 g/mol. The van der Waals surface area contributed by atoms with Crippen LogP contribution in [0, 0.1) is 5.41 Å². The second kappa shape index (κ2) is 4.64. The van der Waals surface area contributed by atoms with E-state index in [2.05, 4.69) is 4.74 Å². The maximum atomic E-state index is 14.3. The zero-order valence-corrected chi connectivity index (χ0v) is 11.5. The van der Waals surface area contributed by atoms with E-state index in [9.17, 15) is 43.9 Å². The van der Waals surface area contributed by atoms with Crippen LogP contribution in [-0.4, -0.2) is 35.9 Å². The average Bonchev–Trinajstić information content (AvgIpc) is 2.48. The van der Waals surface area contributed by atoms with Crippen LogP contribution in [0.3, 0.4) is 0 Å². The molecular formula is C11H12F10O. The molecule has 1 rings (SSSR count). The first-order chi connectivity index (χ1) is 9.42. The third-order valence-electron chi connectivity index (χ3n) is 3.94. The van der Waals surface area contributed by atoms with E-state index in [-0.39, 0.29) is 0 Å². The molecule has 3 atom stereocenters. The van der Waals surface area contributed by atoms with Crippen LogP contribution < -0.4 is 0 Å². The summed E-state index contributed by atoms with van der Waals surface area (Å²) >= 11 is 0. The van der Waals surface area contributed by atoms with Gasteiger partial charge in [-0.15, -0.1) is 0 Å². The van der Waals surface area contributed by atoms with Gasteiger partial charge in [0.2, 0.25) is 6.17 Å². The molecule has 3 unspecified atom stereocenters. The monoisotopic (exact) mass is 350 g/mol. The van der Waals surface area contributed by atoms with Gasteiger partial charge in [0.1, 0.15) is 0 Å². The molecule has 0 bridgehead atoms. The largest absolute Gasteiger partial charge is 0.431 e. The molecule has 0 aromatic carbocycles. The first kappa shape index (κ1) is 19.3. The molecule has 22 heavy (non-hydrogen) atoms. The lowest BCUT2D eigenvalue weighted by molar-refractivity contribution is -0.406. The zero-order valence-electron chi connectivity index (χ0n) is 11.5. The molecule has 1 nitrogen and oxygen atoms in total. The summed E-state index contributed by atoms with van der Waals surface area (Å²) in [7, 11) is 0. The molecule has 132 valence electrons. The lowest BCUT2D eigenvalue weighted by Crippen LogP contribution is -2.69. The fraction of sp³-hybridized carbons (Fsp3) is 1.00. The van der Waals surface area contributed by atoms with Crippen LogP contribution in [0.5, 0.6) is 0 Å². The fourth-order valence-corrected chi connectivity index (χ4v) is 1.98. The van der Waals surface area contributed by atoms with Gasteiger partial charge in [0.25, 0.3) is 0 Å². The Morgan fingerprint density at radius 1 is 0.955 bits per heavy atom. The maximum absolute atomic E-state index is 14.3. The van der Waals surface area contributed by atoms with E-state index in [1.807, 2.05) is 0 Å². The van der Waals surface area contributed by atoms with E-state index < -0.39 is 47.7 Å². The van der Waals surface area contributed by atoms with Crippen molar-refractivity contribution in [2.75, 3.05) is 0 Å². The van der Waals surface area contributed by atoms with Crippen molar-refractivity contribution >= 4 is 0 Å². The molecule has 1 aliphatic heterocycles. The Morgan fingerprint density at radius 3 is 1.68 bits per heavy atom. The van der Waals surface area contributed by atoms with Gasteiger partial charge in [0, 0.05) is 5.41 Å². The van der Waals surface area contributed by atoms with Crippen LogP contribution in [-0.2, 0) is 4.74 Å². The number of alkyl halides is 10. The summed E-state index contributed by atoms with van der Waals surface area (Å²) in [5.41, 5.74) is -8.97. The van der Waals surface area contributed by atoms with Gasteiger partial charge in [0.05, 0.1) is 0 Å². The number of rotatable bonds is 3. The Kier molecular flexibility index (Phi) is 4.07. The summed E-state index contributed by atoms with van der Waals surface area (Å²) in [6.07, 6.45) is -18.1. The smallest absolute Gasteiger partial charge is 0.271 e. The number of ether oxygens (including phenoxy) is 1. The van der Waals surface area contributed by atoms with Gasteiger partial charge in [-0.3, -0.25) is 4.74 Å². The van der Waals surface area contributed by atoms with Crippen molar-refractivity contribution < 1.29 is 48.6 Å². The van der Waals surface area contributed by atoms with Gasteiger partial charge in [-0.25, -0.2) is 13.2 Å². The topological polar surface area (TPSA) is 9.23 Å². The van der Waals surface area contributed by atoms with Crippen molar-refractivity contribution in [2.45, 2.75) is 63.1 Å². The highest BCUT2D eigenvalue weighted by molar-refractivity contribution is 5.20. The predicted molar refractivity (Wildman–Crippen MR) is 53.7 cm³/mol. The van der Waals surface area contributed by atoms with E-state index in [0.29, 0.717) is 13.8 Å². The Labute approximate surface area is 118 Å². The van der Waals surface area contributed by atoms with Crippen LogP contribution in [0.1, 0.15) is 27.2 Å². The minimum atomic E-state index is -6.70. The molecule has 0 aliphatic carbocycles. The minimum Gasteiger partial charge on any atom is -0.271 e. The highest BCUT2D eigenvalue weighted by atomic mass is 19.4. The molecule has 1 saturated heterocycles. The summed E-state index contributed by atoms with van der Waals surface area (Å²) in [5, 5.41) is 0. The third kappa shape index (κ3) is 2.03. The number of halogens is 10. The maximum Gasteiger partial charge on any atom is 0.431 e. The van der Waals surface area contributed by atoms with E-state index >= 15 is 0 Å². The summed E-state index contributed by atoms with van der Waals surface area (Å²) in [6.45, 7) is 2.00. The number of hydrogen-bond acceptors (Lipinski definition) is 1. The molecule has 1 aliphatic rings. The normalized spacial score (nSPS) is 36.7. The van der Waals surface area contributed by atoms with Crippen molar-refractivity contribution in [1.82, 2.24) is 0 Å². The SMILES string of the molecule is CCC(C)(C)C(F)(F)C1(F)OC(F)(F)C(F)C1(F)C(F)(F)F. The van der Waals surface area contributed by atoms with E-state index in [1.165, 1.54) is 0 Å². The summed E-state index contributed by atoms with van der Waals surface area (Å²) in [5.74, 6) is -11.3. The van der Waals surface area contributed by atoms with Crippen molar-refractivity contribution in [3.63, 3.8) is 0 Å². The van der Waals surface area contributed by atoms with E-state index in [1.54, 1.807) is 0 Å². The van der Waals surface area contributed by atoms with Crippen LogP contribution >= 0.6 is 0 Å². The second-order valence-electron chi connectivity index (χ2n) is 5.64. The highest BCUT2D eigenvalue weighted by Gasteiger charge is 2.93. The molecule has 1 fully saturated rings. The van der Waals surface area contributed by atoms with E-state index in [4.69, 9.17) is 0 Å². The van der Waals surface area contributed by atoms with Crippen LogP contribution in [0.25, 0.3) is 0 Å². The van der Waals surface area contributed by atoms with E-state index in [0.717, 1.165) is 6.92 Å². The van der Waals surface area contributed by atoms with Gasteiger partial charge in [-0.2, -0.15) is 30.7 Å². The molecule has 0 aromatic rings. The van der Waals surface area contributed by atoms with Crippen LogP contribution in [0.4, 0.5) is 43.9 Å². The van der Waals surface area contributed by atoms with Gasteiger partial charge in [0.15, 0.2) is 0 Å². The van der Waals surface area contributed by atoms with Crippen LogP contribution in [0.15, 0.2) is 0 Å². The lowest BCUT2D eigenvalue weighted by atomic mass is 9.74. The molecular weight excluding hydrogens is 338 g/mol. The lowest BCUT2D eigenvalue weighted by Gasteiger charge is -2.44. The first-order valence-corrected chi connectivity index (χ1v) is 5.97. The zero-order chi connectivity index (χ0) is 18.0. The molecule has 0 saturated carbocycles. The van der Waals surface area contributed by atoms with Crippen molar-refractivity contribution in [3.8, 4) is 0 Å². The van der Waals surface area contributed by atoms with Gasteiger partial charge in [-0.05, 0) is 6.42 Å². The van der Waals surface area contributed by atoms with Crippen molar-refractivity contribution in [2.24, 2.45) is 5.41 Å².